The van der Waals surface area contributed by atoms with Gasteiger partial charge in [-0.3, -0.25) is 4.90 Å². The summed E-state index contributed by atoms with van der Waals surface area (Å²) in [6.45, 7) is 10.00. The van der Waals surface area contributed by atoms with Crippen LogP contribution in [-0.4, -0.2) is 43.7 Å². The SMILES string of the molecule is CC(C)N1CCN(c2ccc(C3(CN)CCCCC3)cc2)CC1. The molecule has 2 fully saturated rings. The number of piperazine rings is 1. The molecular formula is C20H33N3. The molecule has 3 rings (SSSR count). The Labute approximate surface area is 141 Å². The third kappa shape index (κ3) is 3.56. The normalized spacial score (nSPS) is 22.5. The van der Waals surface area contributed by atoms with Gasteiger partial charge in [-0.05, 0) is 44.4 Å². The molecular weight excluding hydrogens is 282 g/mol. The van der Waals surface area contributed by atoms with Crippen LogP contribution in [0.1, 0.15) is 51.5 Å². The van der Waals surface area contributed by atoms with E-state index in [0.29, 0.717) is 6.04 Å². The van der Waals surface area contributed by atoms with Gasteiger partial charge in [-0.15, -0.1) is 0 Å². The first-order valence-electron chi connectivity index (χ1n) is 9.44. The molecule has 0 unspecified atom stereocenters. The van der Waals surface area contributed by atoms with Crippen LogP contribution in [0.3, 0.4) is 0 Å². The van der Waals surface area contributed by atoms with Gasteiger partial charge in [-0.25, -0.2) is 0 Å². The van der Waals surface area contributed by atoms with Gasteiger partial charge in [0.2, 0.25) is 0 Å². The summed E-state index contributed by atoms with van der Waals surface area (Å²) in [6, 6.07) is 10.0. The first-order chi connectivity index (χ1) is 11.1. The Hall–Kier alpha value is -1.06. The molecule has 3 nitrogen and oxygen atoms in total. The molecule has 1 heterocycles. The molecule has 0 amide bonds. The summed E-state index contributed by atoms with van der Waals surface area (Å²) in [6.07, 6.45) is 6.55. The van der Waals surface area contributed by atoms with Gasteiger partial charge in [0.1, 0.15) is 0 Å². The first-order valence-corrected chi connectivity index (χ1v) is 9.44. The molecule has 2 aliphatic rings. The van der Waals surface area contributed by atoms with Crippen molar-refractivity contribution in [1.82, 2.24) is 4.90 Å². The second-order valence-corrected chi connectivity index (χ2v) is 7.71. The average molecular weight is 316 g/mol. The molecule has 1 saturated carbocycles. The topological polar surface area (TPSA) is 32.5 Å². The predicted molar refractivity (Wildman–Crippen MR) is 99.2 cm³/mol. The molecule has 0 bridgehead atoms. The van der Waals surface area contributed by atoms with Gasteiger partial charge in [-0.1, -0.05) is 31.4 Å². The zero-order chi connectivity index (χ0) is 16.3. The van der Waals surface area contributed by atoms with Crippen LogP contribution in [0.25, 0.3) is 0 Å². The molecule has 1 saturated heterocycles. The molecule has 0 radical (unpaired) electrons. The number of anilines is 1. The lowest BCUT2D eigenvalue weighted by molar-refractivity contribution is 0.209. The summed E-state index contributed by atoms with van der Waals surface area (Å²) in [5, 5.41) is 0. The number of rotatable bonds is 4. The summed E-state index contributed by atoms with van der Waals surface area (Å²) in [5.41, 5.74) is 9.26. The van der Waals surface area contributed by atoms with E-state index < -0.39 is 0 Å². The van der Waals surface area contributed by atoms with Gasteiger partial charge in [0.05, 0.1) is 0 Å². The zero-order valence-electron chi connectivity index (χ0n) is 14.9. The quantitative estimate of drug-likeness (QED) is 0.924. The summed E-state index contributed by atoms with van der Waals surface area (Å²) in [7, 11) is 0. The first kappa shape index (κ1) is 16.8. The second kappa shape index (κ2) is 7.23. The van der Waals surface area contributed by atoms with Crippen LogP contribution in [0, 0.1) is 0 Å². The maximum atomic E-state index is 6.18. The molecule has 0 spiro atoms. The maximum absolute atomic E-state index is 6.18. The fourth-order valence-electron chi connectivity index (χ4n) is 4.36. The van der Waals surface area contributed by atoms with Crippen molar-refractivity contribution in [3.05, 3.63) is 29.8 Å². The van der Waals surface area contributed by atoms with E-state index in [9.17, 15) is 0 Å². The Morgan fingerprint density at radius 1 is 0.957 bits per heavy atom. The maximum Gasteiger partial charge on any atom is 0.0367 e. The molecule has 0 atom stereocenters. The van der Waals surface area contributed by atoms with Crippen LogP contribution < -0.4 is 10.6 Å². The highest BCUT2D eigenvalue weighted by Crippen LogP contribution is 2.39. The van der Waals surface area contributed by atoms with Crippen LogP contribution in [-0.2, 0) is 5.41 Å². The monoisotopic (exact) mass is 315 g/mol. The number of hydrogen-bond donors (Lipinski definition) is 1. The van der Waals surface area contributed by atoms with Gasteiger partial charge >= 0.3 is 0 Å². The number of nitrogens with zero attached hydrogens (tertiary/aromatic N) is 2. The van der Waals surface area contributed by atoms with E-state index in [0.717, 1.165) is 19.6 Å². The Morgan fingerprint density at radius 2 is 1.57 bits per heavy atom. The highest BCUT2D eigenvalue weighted by Gasteiger charge is 2.32. The Balaban J connectivity index is 1.68. The lowest BCUT2D eigenvalue weighted by Gasteiger charge is -2.39. The Kier molecular flexibility index (Phi) is 5.27. The summed E-state index contributed by atoms with van der Waals surface area (Å²) in [5.74, 6) is 0. The zero-order valence-corrected chi connectivity index (χ0v) is 14.9. The average Bonchev–Trinajstić information content (AvgIpc) is 2.62. The van der Waals surface area contributed by atoms with Gasteiger partial charge in [0.15, 0.2) is 0 Å². The molecule has 2 N–H and O–H groups in total. The van der Waals surface area contributed by atoms with Crippen molar-refractivity contribution in [2.45, 2.75) is 57.4 Å². The van der Waals surface area contributed by atoms with Gasteiger partial charge < -0.3 is 10.6 Å². The summed E-state index contributed by atoms with van der Waals surface area (Å²) >= 11 is 0. The van der Waals surface area contributed by atoms with Gasteiger partial charge in [0.25, 0.3) is 0 Å². The largest absolute Gasteiger partial charge is 0.369 e. The van der Waals surface area contributed by atoms with E-state index in [2.05, 4.69) is 47.9 Å². The molecule has 1 aliphatic carbocycles. The third-order valence-electron chi connectivity index (χ3n) is 6.09. The molecule has 23 heavy (non-hydrogen) atoms. The molecule has 0 aromatic heterocycles. The van der Waals surface area contributed by atoms with Crippen LogP contribution in [0.15, 0.2) is 24.3 Å². The predicted octanol–water partition coefficient (Wildman–Crippen LogP) is 3.38. The summed E-state index contributed by atoms with van der Waals surface area (Å²) in [4.78, 5) is 5.09. The van der Waals surface area contributed by atoms with Crippen LogP contribution >= 0.6 is 0 Å². The molecule has 1 aliphatic heterocycles. The third-order valence-corrected chi connectivity index (χ3v) is 6.09. The number of nitrogens with two attached hydrogens (primary N) is 1. The lowest BCUT2D eigenvalue weighted by Crippen LogP contribution is -2.48. The fourth-order valence-corrected chi connectivity index (χ4v) is 4.36. The van der Waals surface area contributed by atoms with E-state index in [4.69, 9.17) is 5.73 Å². The van der Waals surface area contributed by atoms with E-state index in [1.54, 1.807) is 0 Å². The fraction of sp³-hybridized carbons (Fsp3) is 0.700. The Morgan fingerprint density at radius 3 is 2.09 bits per heavy atom. The van der Waals surface area contributed by atoms with E-state index in [1.807, 2.05) is 0 Å². The van der Waals surface area contributed by atoms with Crippen LogP contribution in [0.5, 0.6) is 0 Å². The van der Waals surface area contributed by atoms with Crippen LogP contribution in [0.4, 0.5) is 5.69 Å². The molecule has 1 aromatic carbocycles. The van der Waals surface area contributed by atoms with E-state index in [-0.39, 0.29) is 5.41 Å². The smallest absolute Gasteiger partial charge is 0.0367 e. The standard InChI is InChI=1S/C20H33N3/c1-17(2)22-12-14-23(15-13-22)19-8-6-18(7-9-19)20(16-21)10-4-3-5-11-20/h6-9,17H,3-5,10-16,21H2,1-2H3. The van der Waals surface area contributed by atoms with Crippen molar-refractivity contribution in [1.29, 1.82) is 0 Å². The minimum Gasteiger partial charge on any atom is -0.369 e. The van der Waals surface area contributed by atoms with Crippen molar-refractivity contribution in [3.8, 4) is 0 Å². The highest BCUT2D eigenvalue weighted by molar-refractivity contribution is 5.49. The minimum atomic E-state index is 0.243. The van der Waals surface area contributed by atoms with Crippen molar-refractivity contribution in [3.63, 3.8) is 0 Å². The molecule has 128 valence electrons. The summed E-state index contributed by atoms with van der Waals surface area (Å²) < 4.78 is 0. The van der Waals surface area contributed by atoms with E-state index in [1.165, 1.54) is 56.4 Å². The highest BCUT2D eigenvalue weighted by atomic mass is 15.3. The van der Waals surface area contributed by atoms with E-state index >= 15 is 0 Å². The van der Waals surface area contributed by atoms with Crippen LogP contribution in [0.2, 0.25) is 0 Å². The lowest BCUT2D eigenvalue weighted by atomic mass is 9.69. The molecule has 3 heteroatoms. The second-order valence-electron chi connectivity index (χ2n) is 7.71. The van der Waals surface area contributed by atoms with Crippen molar-refractivity contribution in [2.24, 2.45) is 5.73 Å². The van der Waals surface area contributed by atoms with Gasteiger partial charge in [0, 0.05) is 49.9 Å². The van der Waals surface area contributed by atoms with Gasteiger partial charge in [-0.2, -0.15) is 0 Å². The number of hydrogen-bond acceptors (Lipinski definition) is 3. The van der Waals surface area contributed by atoms with Crippen molar-refractivity contribution in [2.75, 3.05) is 37.6 Å². The van der Waals surface area contributed by atoms with Crippen molar-refractivity contribution >= 4 is 5.69 Å². The minimum absolute atomic E-state index is 0.243. The molecule has 1 aromatic rings. The van der Waals surface area contributed by atoms with Crippen molar-refractivity contribution < 1.29 is 0 Å². The Bertz CT molecular complexity index is 480. The number of benzene rings is 1.